The van der Waals surface area contributed by atoms with Crippen LogP contribution in [0.2, 0.25) is 0 Å². The van der Waals surface area contributed by atoms with Gasteiger partial charge in [0.2, 0.25) is 0 Å². The predicted octanol–water partition coefficient (Wildman–Crippen LogP) is 4.31. The molecule has 1 N–H and O–H groups in total. The first-order valence-electron chi connectivity index (χ1n) is 6.42. The smallest absolute Gasteiger partial charge is 0.130 e. The van der Waals surface area contributed by atoms with Crippen LogP contribution in [0, 0.1) is 0 Å². The molecule has 2 rings (SSSR count). The minimum Gasteiger partial charge on any atom is -0.373 e. The van der Waals surface area contributed by atoms with Crippen LogP contribution in [0.3, 0.4) is 0 Å². The van der Waals surface area contributed by atoms with Gasteiger partial charge >= 0.3 is 0 Å². The molecule has 3 heteroatoms. The van der Waals surface area contributed by atoms with Crippen LogP contribution in [0.1, 0.15) is 25.8 Å². The SMILES string of the molecule is CCC(C)SCc1cc2ccccc2nc1NC. The van der Waals surface area contributed by atoms with Gasteiger partial charge in [0, 0.05) is 29.0 Å². The molecule has 96 valence electrons. The lowest BCUT2D eigenvalue weighted by Crippen LogP contribution is -2.00. The Kier molecular flexibility index (Phi) is 4.48. The fraction of sp³-hybridized carbons (Fsp3) is 0.400. The Morgan fingerprint density at radius 1 is 1.33 bits per heavy atom. The molecule has 0 aliphatic rings. The van der Waals surface area contributed by atoms with Gasteiger partial charge in [-0.1, -0.05) is 32.0 Å². The number of hydrogen-bond donors (Lipinski definition) is 1. The molecule has 1 aromatic heterocycles. The highest BCUT2D eigenvalue weighted by Gasteiger charge is 2.07. The number of nitrogens with one attached hydrogen (secondary N) is 1. The lowest BCUT2D eigenvalue weighted by molar-refractivity contribution is 0.905. The van der Waals surface area contributed by atoms with Crippen molar-refractivity contribution in [1.82, 2.24) is 4.98 Å². The van der Waals surface area contributed by atoms with Gasteiger partial charge in [-0.25, -0.2) is 4.98 Å². The average Bonchev–Trinajstić information content (AvgIpc) is 2.43. The van der Waals surface area contributed by atoms with Gasteiger partial charge in [0.1, 0.15) is 5.82 Å². The Balaban J connectivity index is 2.30. The summed E-state index contributed by atoms with van der Waals surface area (Å²) >= 11 is 1.99. The summed E-state index contributed by atoms with van der Waals surface area (Å²) in [7, 11) is 1.94. The van der Waals surface area contributed by atoms with Crippen molar-refractivity contribution in [2.24, 2.45) is 0 Å². The van der Waals surface area contributed by atoms with Gasteiger partial charge in [-0.15, -0.1) is 0 Å². The van der Waals surface area contributed by atoms with E-state index in [0.717, 1.165) is 17.1 Å². The number of aromatic nitrogens is 1. The fourth-order valence-corrected chi connectivity index (χ4v) is 2.76. The summed E-state index contributed by atoms with van der Waals surface area (Å²) < 4.78 is 0. The monoisotopic (exact) mass is 260 g/mol. The van der Waals surface area contributed by atoms with Crippen LogP contribution in [0.4, 0.5) is 5.82 Å². The molecule has 1 heterocycles. The van der Waals surface area contributed by atoms with Crippen LogP contribution in [-0.2, 0) is 5.75 Å². The Labute approximate surface area is 113 Å². The number of pyridine rings is 1. The molecular formula is C15H20N2S. The Bertz CT molecular complexity index is 525. The molecule has 0 spiro atoms. The van der Waals surface area contributed by atoms with Crippen molar-refractivity contribution in [3.63, 3.8) is 0 Å². The minimum absolute atomic E-state index is 0.696. The molecule has 1 atom stereocenters. The van der Waals surface area contributed by atoms with Gasteiger partial charge in [0.15, 0.2) is 0 Å². The summed E-state index contributed by atoms with van der Waals surface area (Å²) in [6.07, 6.45) is 1.21. The van der Waals surface area contributed by atoms with Crippen molar-refractivity contribution in [3.05, 3.63) is 35.9 Å². The summed E-state index contributed by atoms with van der Waals surface area (Å²) in [6, 6.07) is 10.5. The predicted molar refractivity (Wildman–Crippen MR) is 82.3 cm³/mol. The Morgan fingerprint density at radius 2 is 2.11 bits per heavy atom. The van der Waals surface area contributed by atoms with Gasteiger partial charge in [-0.05, 0) is 18.6 Å². The molecule has 0 saturated carbocycles. The van der Waals surface area contributed by atoms with Gasteiger partial charge < -0.3 is 5.32 Å². The number of rotatable bonds is 5. The van der Waals surface area contributed by atoms with Crippen LogP contribution in [0.25, 0.3) is 10.9 Å². The van der Waals surface area contributed by atoms with Crippen LogP contribution < -0.4 is 5.32 Å². The number of para-hydroxylation sites is 1. The van der Waals surface area contributed by atoms with Crippen molar-refractivity contribution in [1.29, 1.82) is 0 Å². The third-order valence-electron chi connectivity index (χ3n) is 3.14. The number of nitrogens with zero attached hydrogens (tertiary/aromatic N) is 1. The van der Waals surface area contributed by atoms with E-state index in [2.05, 4.69) is 48.4 Å². The second-order valence-electron chi connectivity index (χ2n) is 4.47. The molecule has 0 saturated heterocycles. The van der Waals surface area contributed by atoms with Crippen LogP contribution in [-0.4, -0.2) is 17.3 Å². The van der Waals surface area contributed by atoms with Gasteiger partial charge in [-0.2, -0.15) is 11.8 Å². The van der Waals surface area contributed by atoms with E-state index in [1.807, 2.05) is 24.9 Å². The average molecular weight is 260 g/mol. The fourth-order valence-electron chi connectivity index (χ4n) is 1.84. The number of anilines is 1. The topological polar surface area (TPSA) is 24.9 Å². The molecule has 1 unspecified atom stereocenters. The zero-order valence-electron chi connectivity index (χ0n) is 11.2. The molecule has 0 bridgehead atoms. The van der Waals surface area contributed by atoms with Gasteiger partial charge in [0.25, 0.3) is 0 Å². The molecule has 0 aliphatic heterocycles. The highest BCUT2D eigenvalue weighted by Crippen LogP contribution is 2.26. The van der Waals surface area contributed by atoms with Crippen molar-refractivity contribution in [3.8, 4) is 0 Å². The van der Waals surface area contributed by atoms with Gasteiger partial charge in [-0.3, -0.25) is 0 Å². The Hall–Kier alpha value is -1.22. The molecule has 0 radical (unpaired) electrons. The normalized spacial score (nSPS) is 12.6. The summed E-state index contributed by atoms with van der Waals surface area (Å²) in [5.41, 5.74) is 2.35. The zero-order chi connectivity index (χ0) is 13.0. The van der Waals surface area contributed by atoms with E-state index in [1.54, 1.807) is 0 Å². The third kappa shape index (κ3) is 2.96. The third-order valence-corrected chi connectivity index (χ3v) is 4.52. The molecule has 0 amide bonds. The van der Waals surface area contributed by atoms with Crippen LogP contribution in [0.5, 0.6) is 0 Å². The maximum Gasteiger partial charge on any atom is 0.130 e. The number of thioether (sulfide) groups is 1. The van der Waals surface area contributed by atoms with Crippen LogP contribution >= 0.6 is 11.8 Å². The molecule has 2 aromatic rings. The number of fused-ring (bicyclic) bond motifs is 1. The quantitative estimate of drug-likeness (QED) is 0.867. The second-order valence-corrected chi connectivity index (χ2v) is 5.90. The molecular weight excluding hydrogens is 240 g/mol. The summed E-state index contributed by atoms with van der Waals surface area (Å²) in [4.78, 5) is 4.67. The van der Waals surface area contributed by atoms with E-state index >= 15 is 0 Å². The lowest BCUT2D eigenvalue weighted by Gasteiger charge is -2.12. The molecule has 18 heavy (non-hydrogen) atoms. The van der Waals surface area contributed by atoms with Crippen molar-refractivity contribution in [2.75, 3.05) is 12.4 Å². The molecule has 2 nitrogen and oxygen atoms in total. The summed E-state index contributed by atoms with van der Waals surface area (Å²) in [5.74, 6) is 2.02. The van der Waals surface area contributed by atoms with Crippen molar-refractivity contribution >= 4 is 28.5 Å². The van der Waals surface area contributed by atoms with E-state index in [-0.39, 0.29) is 0 Å². The maximum absolute atomic E-state index is 4.67. The highest BCUT2D eigenvalue weighted by atomic mass is 32.2. The largest absolute Gasteiger partial charge is 0.373 e. The summed E-state index contributed by atoms with van der Waals surface area (Å²) in [5, 5.41) is 5.12. The molecule has 1 aromatic carbocycles. The molecule has 0 aliphatic carbocycles. The maximum atomic E-state index is 4.67. The summed E-state index contributed by atoms with van der Waals surface area (Å²) in [6.45, 7) is 4.51. The second kappa shape index (κ2) is 6.10. The first kappa shape index (κ1) is 13.2. The van der Waals surface area contributed by atoms with E-state index < -0.39 is 0 Å². The lowest BCUT2D eigenvalue weighted by atomic mass is 10.1. The molecule has 0 fully saturated rings. The van der Waals surface area contributed by atoms with Crippen molar-refractivity contribution in [2.45, 2.75) is 31.3 Å². The van der Waals surface area contributed by atoms with E-state index in [9.17, 15) is 0 Å². The van der Waals surface area contributed by atoms with Gasteiger partial charge in [0.05, 0.1) is 5.52 Å². The van der Waals surface area contributed by atoms with E-state index in [0.29, 0.717) is 5.25 Å². The highest BCUT2D eigenvalue weighted by molar-refractivity contribution is 7.99. The van der Waals surface area contributed by atoms with E-state index in [1.165, 1.54) is 17.4 Å². The van der Waals surface area contributed by atoms with Crippen molar-refractivity contribution < 1.29 is 0 Å². The first-order valence-corrected chi connectivity index (χ1v) is 7.47. The first-order chi connectivity index (χ1) is 8.74. The number of benzene rings is 1. The van der Waals surface area contributed by atoms with Crippen LogP contribution in [0.15, 0.2) is 30.3 Å². The minimum atomic E-state index is 0.696. The Morgan fingerprint density at radius 3 is 2.83 bits per heavy atom. The number of hydrogen-bond acceptors (Lipinski definition) is 3. The zero-order valence-corrected chi connectivity index (χ0v) is 12.1. The standard InChI is InChI=1S/C15H20N2S/c1-4-11(2)18-10-13-9-12-7-5-6-8-14(12)17-15(13)16-3/h5-9,11H,4,10H2,1-3H3,(H,16,17). The van der Waals surface area contributed by atoms with E-state index in [4.69, 9.17) is 0 Å².